The van der Waals surface area contributed by atoms with Crippen LogP contribution in [0, 0.1) is 6.92 Å². The highest BCUT2D eigenvalue weighted by atomic mass is 16.5. The lowest BCUT2D eigenvalue weighted by Crippen LogP contribution is -2.33. The van der Waals surface area contributed by atoms with E-state index >= 15 is 0 Å². The first-order chi connectivity index (χ1) is 12.1. The Morgan fingerprint density at radius 1 is 1.28 bits per heavy atom. The smallest absolute Gasteiger partial charge is 0.316 e. The van der Waals surface area contributed by atoms with E-state index in [0.29, 0.717) is 19.7 Å². The molecule has 0 aliphatic rings. The Morgan fingerprint density at radius 2 is 2.00 bits per heavy atom. The Hall–Kier alpha value is -2.71. The third-order valence-electron chi connectivity index (χ3n) is 3.33. The number of ether oxygens (including phenoxy) is 2. The minimum atomic E-state index is -0.634. The number of hydrogen-bond acceptors (Lipinski definition) is 7. The van der Waals surface area contributed by atoms with Crippen LogP contribution in [0.3, 0.4) is 0 Å². The van der Waals surface area contributed by atoms with Crippen LogP contribution in [0.2, 0.25) is 0 Å². The Labute approximate surface area is 146 Å². The van der Waals surface area contributed by atoms with Gasteiger partial charge in [0.05, 0.1) is 5.56 Å². The summed E-state index contributed by atoms with van der Waals surface area (Å²) in [4.78, 5) is 18.6. The van der Waals surface area contributed by atoms with Gasteiger partial charge in [-0.05, 0) is 18.6 Å². The molecule has 1 aromatic heterocycles. The van der Waals surface area contributed by atoms with Crippen molar-refractivity contribution >= 4 is 5.91 Å². The van der Waals surface area contributed by atoms with E-state index in [9.17, 15) is 9.90 Å². The second kappa shape index (κ2) is 9.55. The van der Waals surface area contributed by atoms with Crippen LogP contribution in [-0.2, 0) is 0 Å². The highest BCUT2D eigenvalue weighted by molar-refractivity contribution is 5.92. The van der Waals surface area contributed by atoms with Crippen LogP contribution >= 0.6 is 0 Å². The van der Waals surface area contributed by atoms with Crippen LogP contribution in [0.4, 0.5) is 0 Å². The first-order valence-corrected chi connectivity index (χ1v) is 7.88. The Kier molecular flexibility index (Phi) is 7.12. The van der Waals surface area contributed by atoms with Gasteiger partial charge in [0, 0.05) is 25.5 Å². The molecule has 0 saturated carbocycles. The van der Waals surface area contributed by atoms with Crippen molar-refractivity contribution in [1.82, 2.24) is 15.3 Å². The number of nitrogens with one attached hydrogen (secondary N) is 1. The zero-order chi connectivity index (χ0) is 18.1. The van der Waals surface area contributed by atoms with Crippen molar-refractivity contribution < 1.29 is 19.4 Å². The van der Waals surface area contributed by atoms with Crippen molar-refractivity contribution in [1.29, 1.82) is 0 Å². The van der Waals surface area contributed by atoms with E-state index in [1.807, 2.05) is 31.2 Å². The first-order valence-electron chi connectivity index (χ1n) is 7.88. The average molecular weight is 346 g/mol. The molecule has 134 valence electrons. The molecule has 25 heavy (non-hydrogen) atoms. The van der Waals surface area contributed by atoms with Crippen LogP contribution in [0.5, 0.6) is 11.8 Å². The summed E-state index contributed by atoms with van der Waals surface area (Å²) in [6.45, 7) is 3.35. The van der Waals surface area contributed by atoms with Crippen molar-refractivity contribution in [2.24, 2.45) is 5.73 Å². The predicted molar refractivity (Wildman–Crippen MR) is 91.6 cm³/mol. The summed E-state index contributed by atoms with van der Waals surface area (Å²) in [6.07, 6.45) is 1.99. The van der Waals surface area contributed by atoms with E-state index in [1.54, 1.807) is 0 Å². The Morgan fingerprint density at radius 3 is 2.68 bits per heavy atom. The number of aromatic nitrogens is 2. The second-order valence-corrected chi connectivity index (χ2v) is 5.40. The summed E-state index contributed by atoms with van der Waals surface area (Å²) in [5, 5.41) is 13.0. The van der Waals surface area contributed by atoms with Gasteiger partial charge in [0.15, 0.2) is 0 Å². The van der Waals surface area contributed by atoms with Crippen molar-refractivity contribution in [2.75, 3.05) is 26.3 Å². The second-order valence-electron chi connectivity index (χ2n) is 5.40. The van der Waals surface area contributed by atoms with Gasteiger partial charge in [0.25, 0.3) is 5.91 Å². The third kappa shape index (κ3) is 6.36. The first kappa shape index (κ1) is 18.6. The fraction of sp³-hybridized carbons (Fsp3) is 0.353. The van der Waals surface area contributed by atoms with E-state index in [0.717, 1.165) is 11.3 Å². The van der Waals surface area contributed by atoms with Gasteiger partial charge in [-0.2, -0.15) is 0 Å². The lowest BCUT2D eigenvalue weighted by Gasteiger charge is -2.14. The average Bonchev–Trinajstić information content (AvgIpc) is 2.61. The largest absolute Gasteiger partial charge is 0.491 e. The number of primary amides is 1. The van der Waals surface area contributed by atoms with Crippen LogP contribution < -0.4 is 20.5 Å². The topological polar surface area (TPSA) is 120 Å². The fourth-order valence-electron chi connectivity index (χ4n) is 1.96. The molecule has 2 rings (SSSR count). The molecule has 1 atom stereocenters. The molecule has 8 heteroatoms. The zero-order valence-corrected chi connectivity index (χ0v) is 14.0. The number of hydrogen-bond donors (Lipinski definition) is 3. The summed E-state index contributed by atoms with van der Waals surface area (Å²) in [6, 6.07) is 7.81. The molecule has 0 spiro atoms. The highest BCUT2D eigenvalue weighted by Gasteiger charge is 2.07. The van der Waals surface area contributed by atoms with Gasteiger partial charge in [0.1, 0.15) is 25.1 Å². The maximum Gasteiger partial charge on any atom is 0.316 e. The molecule has 8 nitrogen and oxygen atoms in total. The lowest BCUT2D eigenvalue weighted by atomic mass is 10.2. The quantitative estimate of drug-likeness (QED) is 0.529. The van der Waals surface area contributed by atoms with E-state index in [4.69, 9.17) is 15.2 Å². The molecule has 1 heterocycles. The number of aliphatic hydroxyl groups excluding tert-OH is 1. The van der Waals surface area contributed by atoms with Gasteiger partial charge in [-0.15, -0.1) is 0 Å². The van der Waals surface area contributed by atoms with Gasteiger partial charge in [-0.25, -0.2) is 9.97 Å². The normalized spacial score (nSPS) is 11.8. The molecule has 4 N–H and O–H groups in total. The van der Waals surface area contributed by atoms with E-state index < -0.39 is 12.0 Å². The molecule has 1 aromatic carbocycles. The molecule has 1 amide bonds. The lowest BCUT2D eigenvalue weighted by molar-refractivity contribution is 0.0999. The molecule has 0 bridgehead atoms. The molecule has 0 aliphatic carbocycles. The number of benzene rings is 1. The van der Waals surface area contributed by atoms with Crippen molar-refractivity contribution in [2.45, 2.75) is 13.0 Å². The van der Waals surface area contributed by atoms with Crippen molar-refractivity contribution in [3.05, 3.63) is 47.8 Å². The SMILES string of the molecule is Cc1ccccc1OCC(O)CNCCOc1ncc(C(N)=O)cn1. The molecule has 1 unspecified atom stereocenters. The van der Waals surface area contributed by atoms with E-state index in [2.05, 4.69) is 15.3 Å². The molecular weight excluding hydrogens is 324 g/mol. The number of rotatable bonds is 10. The standard InChI is InChI=1S/C17H22N4O4/c1-12-4-2-3-5-15(12)25-11-14(22)10-19-6-7-24-17-20-8-13(9-21-17)16(18)23/h2-5,8-9,14,19,22H,6-7,10-11H2,1H3,(H2,18,23). The van der Waals surface area contributed by atoms with Crippen LogP contribution in [-0.4, -0.2) is 53.4 Å². The molecule has 0 radical (unpaired) electrons. The number of aryl methyl sites for hydroxylation is 1. The monoisotopic (exact) mass is 346 g/mol. The Bertz CT molecular complexity index is 679. The predicted octanol–water partition coefficient (Wildman–Crippen LogP) is 0.292. The van der Waals surface area contributed by atoms with Gasteiger partial charge in [-0.3, -0.25) is 4.79 Å². The van der Waals surface area contributed by atoms with Crippen LogP contribution in [0.15, 0.2) is 36.7 Å². The highest BCUT2D eigenvalue weighted by Crippen LogP contribution is 2.16. The number of nitrogens with zero attached hydrogens (tertiary/aromatic N) is 2. The summed E-state index contributed by atoms with van der Waals surface area (Å²) in [7, 11) is 0. The molecular formula is C17H22N4O4. The van der Waals surface area contributed by atoms with Gasteiger partial charge < -0.3 is 25.6 Å². The van der Waals surface area contributed by atoms with Crippen molar-refractivity contribution in [3.8, 4) is 11.8 Å². The number of aliphatic hydroxyl groups is 1. The summed E-state index contributed by atoms with van der Waals surface area (Å²) >= 11 is 0. The molecule has 0 fully saturated rings. The number of amides is 1. The van der Waals surface area contributed by atoms with E-state index in [-0.39, 0.29) is 18.2 Å². The van der Waals surface area contributed by atoms with Gasteiger partial charge >= 0.3 is 6.01 Å². The Balaban J connectivity index is 1.59. The van der Waals surface area contributed by atoms with Crippen LogP contribution in [0.25, 0.3) is 0 Å². The number of carbonyl (C=O) groups is 1. The zero-order valence-electron chi connectivity index (χ0n) is 14.0. The van der Waals surface area contributed by atoms with E-state index in [1.165, 1.54) is 12.4 Å². The summed E-state index contributed by atoms with van der Waals surface area (Å²) in [5.74, 6) is 0.177. The molecule has 0 saturated heterocycles. The maximum atomic E-state index is 10.9. The summed E-state index contributed by atoms with van der Waals surface area (Å²) in [5.41, 5.74) is 6.35. The van der Waals surface area contributed by atoms with Gasteiger partial charge in [0.2, 0.25) is 0 Å². The summed E-state index contributed by atoms with van der Waals surface area (Å²) < 4.78 is 10.9. The fourth-order valence-corrected chi connectivity index (χ4v) is 1.96. The maximum absolute atomic E-state index is 10.9. The number of nitrogens with two attached hydrogens (primary N) is 1. The molecule has 2 aromatic rings. The number of para-hydroxylation sites is 1. The minimum absolute atomic E-state index is 0.162. The third-order valence-corrected chi connectivity index (χ3v) is 3.33. The van der Waals surface area contributed by atoms with Crippen LogP contribution in [0.1, 0.15) is 15.9 Å². The number of carbonyl (C=O) groups excluding carboxylic acids is 1. The molecule has 0 aliphatic heterocycles. The van der Waals surface area contributed by atoms with Crippen molar-refractivity contribution in [3.63, 3.8) is 0 Å². The minimum Gasteiger partial charge on any atom is -0.491 e. The van der Waals surface area contributed by atoms with Gasteiger partial charge in [-0.1, -0.05) is 18.2 Å².